The first-order valence-electron chi connectivity index (χ1n) is 12.9. The Kier molecular flexibility index (Phi) is 11.2. The molecule has 1 heterocycles. The molecule has 3 aromatic rings. The van der Waals surface area contributed by atoms with Crippen molar-refractivity contribution in [3.05, 3.63) is 88.6 Å². The Hall–Kier alpha value is -3.79. The first-order chi connectivity index (χ1) is 19.1. The van der Waals surface area contributed by atoms with Crippen molar-refractivity contribution in [2.45, 2.75) is 51.4 Å². The lowest BCUT2D eigenvalue weighted by Gasteiger charge is -2.30. The first-order valence-corrected chi connectivity index (χ1v) is 13.2. The largest absolute Gasteiger partial charge is 0.573 e. The molecule has 2 aromatic carbocycles. The number of nitrogens with zero attached hydrogens (tertiary/aromatic N) is 1. The van der Waals surface area contributed by atoms with Gasteiger partial charge in [-0.05, 0) is 60.9 Å². The summed E-state index contributed by atoms with van der Waals surface area (Å²) in [4.78, 5) is 28.4. The van der Waals surface area contributed by atoms with Crippen LogP contribution in [0.4, 0.5) is 19.0 Å². The molecule has 0 saturated heterocycles. The van der Waals surface area contributed by atoms with E-state index in [1.54, 1.807) is 43.3 Å². The molecule has 0 saturated carbocycles. The molecule has 3 rings (SSSR count). The summed E-state index contributed by atoms with van der Waals surface area (Å²) in [6.45, 7) is 4.19. The monoisotopic (exact) mass is 577 g/mol. The quantitative estimate of drug-likeness (QED) is 0.212. The van der Waals surface area contributed by atoms with Crippen molar-refractivity contribution in [1.29, 1.82) is 0 Å². The van der Waals surface area contributed by atoms with Gasteiger partial charge in [0.05, 0.1) is 24.1 Å². The molecule has 214 valence electrons. The van der Waals surface area contributed by atoms with E-state index < -0.39 is 6.36 Å². The molecule has 2 N–H and O–H groups in total. The van der Waals surface area contributed by atoms with Gasteiger partial charge in [-0.1, -0.05) is 49.2 Å². The van der Waals surface area contributed by atoms with E-state index in [4.69, 9.17) is 16.3 Å². The van der Waals surface area contributed by atoms with E-state index in [2.05, 4.69) is 20.4 Å². The molecule has 0 aliphatic heterocycles. The number of anilines is 1. The van der Waals surface area contributed by atoms with Gasteiger partial charge in [-0.15, -0.1) is 13.2 Å². The second-order valence-corrected chi connectivity index (χ2v) is 9.37. The molecule has 40 heavy (non-hydrogen) atoms. The Morgan fingerprint density at radius 1 is 0.975 bits per heavy atom. The number of benzene rings is 2. The van der Waals surface area contributed by atoms with Crippen molar-refractivity contribution in [3.8, 4) is 5.75 Å². The average molecular weight is 578 g/mol. The molecule has 2 atom stereocenters. The van der Waals surface area contributed by atoms with E-state index in [0.717, 1.165) is 24.0 Å². The molecular weight excluding hydrogens is 547 g/mol. The van der Waals surface area contributed by atoms with Crippen molar-refractivity contribution in [3.63, 3.8) is 0 Å². The zero-order valence-electron chi connectivity index (χ0n) is 22.1. The number of hydrogen-bond donors (Lipinski definition) is 2. The van der Waals surface area contributed by atoms with Crippen LogP contribution >= 0.6 is 11.6 Å². The maximum absolute atomic E-state index is 12.7. The number of carbonyl (C=O) groups is 2. The lowest BCUT2D eigenvalue weighted by molar-refractivity contribution is -0.274. The number of pyridine rings is 1. The van der Waals surface area contributed by atoms with Crippen LogP contribution < -0.4 is 15.4 Å². The Bertz CT molecular complexity index is 1240. The highest BCUT2D eigenvalue weighted by Crippen LogP contribution is 2.38. The second-order valence-electron chi connectivity index (χ2n) is 8.93. The van der Waals surface area contributed by atoms with E-state index in [1.165, 1.54) is 18.3 Å². The number of ether oxygens (including phenoxy) is 2. The number of nitrogens with one attached hydrogen (secondary N) is 2. The first kappa shape index (κ1) is 30.7. The summed E-state index contributed by atoms with van der Waals surface area (Å²) in [7, 11) is 0. The third-order valence-corrected chi connectivity index (χ3v) is 6.25. The van der Waals surface area contributed by atoms with Crippen molar-refractivity contribution in [1.82, 2.24) is 10.3 Å². The molecule has 11 heteroatoms. The van der Waals surface area contributed by atoms with E-state index in [1.807, 2.05) is 19.1 Å². The highest BCUT2D eigenvalue weighted by molar-refractivity contribution is 6.30. The minimum absolute atomic E-state index is 0.0785. The third-order valence-electron chi connectivity index (χ3n) is 6.03. The molecule has 1 aromatic heterocycles. The summed E-state index contributed by atoms with van der Waals surface area (Å²) in [5.41, 5.74) is 2.08. The van der Waals surface area contributed by atoms with Crippen LogP contribution in [0.25, 0.3) is 0 Å². The number of alkyl halides is 3. The fourth-order valence-corrected chi connectivity index (χ4v) is 4.36. The van der Waals surface area contributed by atoms with Crippen LogP contribution in [-0.2, 0) is 9.53 Å². The Morgan fingerprint density at radius 2 is 1.65 bits per heavy atom. The summed E-state index contributed by atoms with van der Waals surface area (Å²) in [6, 6.07) is 15.9. The number of rotatable bonds is 13. The van der Waals surface area contributed by atoms with Gasteiger partial charge in [-0.3, -0.25) is 9.59 Å². The number of halogens is 4. The zero-order valence-corrected chi connectivity index (χ0v) is 22.9. The lowest BCUT2D eigenvalue weighted by atomic mass is 9.83. The highest BCUT2D eigenvalue weighted by Gasteiger charge is 2.31. The third kappa shape index (κ3) is 9.44. The predicted octanol–water partition coefficient (Wildman–Crippen LogP) is 7.05. The molecule has 2 unspecified atom stereocenters. The van der Waals surface area contributed by atoms with Crippen LogP contribution in [0, 0.1) is 0 Å². The summed E-state index contributed by atoms with van der Waals surface area (Å²) in [5.74, 6) is -0.595. The van der Waals surface area contributed by atoms with Crippen LogP contribution in [-0.4, -0.2) is 36.4 Å². The van der Waals surface area contributed by atoms with Gasteiger partial charge < -0.3 is 20.1 Å². The Balaban J connectivity index is 1.85. The van der Waals surface area contributed by atoms with Gasteiger partial charge in [0.15, 0.2) is 0 Å². The van der Waals surface area contributed by atoms with E-state index >= 15 is 0 Å². The fourth-order valence-electron chi connectivity index (χ4n) is 4.25. The van der Waals surface area contributed by atoms with Crippen LogP contribution in [0.1, 0.15) is 66.6 Å². The van der Waals surface area contributed by atoms with E-state index in [-0.39, 0.29) is 49.2 Å². The summed E-state index contributed by atoms with van der Waals surface area (Å²) >= 11 is 5.99. The second kappa shape index (κ2) is 14.6. The summed E-state index contributed by atoms with van der Waals surface area (Å²) in [5, 5.41) is 6.58. The fraction of sp³-hybridized carbons (Fsp3) is 0.345. The molecule has 0 aliphatic rings. The topological polar surface area (TPSA) is 89.6 Å². The number of esters is 1. The van der Waals surface area contributed by atoms with E-state index in [0.29, 0.717) is 16.4 Å². The molecule has 0 aliphatic carbocycles. The number of hydrogen-bond acceptors (Lipinski definition) is 6. The molecular formula is C29H31ClF3N3O4. The minimum atomic E-state index is -4.79. The van der Waals surface area contributed by atoms with Gasteiger partial charge >= 0.3 is 12.3 Å². The van der Waals surface area contributed by atoms with Crippen molar-refractivity contribution < 1.29 is 32.2 Å². The maximum atomic E-state index is 12.7. The average Bonchev–Trinajstić information content (AvgIpc) is 2.91. The number of aromatic nitrogens is 1. The maximum Gasteiger partial charge on any atom is 0.573 e. The highest BCUT2D eigenvalue weighted by atomic mass is 35.5. The number of carbonyl (C=O) groups excluding carboxylic acids is 2. The molecule has 0 radical (unpaired) electrons. The Labute approximate surface area is 236 Å². The van der Waals surface area contributed by atoms with Gasteiger partial charge in [0.2, 0.25) is 0 Å². The van der Waals surface area contributed by atoms with Crippen molar-refractivity contribution >= 4 is 29.3 Å². The smallest absolute Gasteiger partial charge is 0.466 e. The van der Waals surface area contributed by atoms with Crippen LogP contribution in [0.5, 0.6) is 5.75 Å². The lowest BCUT2D eigenvalue weighted by Crippen LogP contribution is -2.26. The minimum Gasteiger partial charge on any atom is -0.466 e. The van der Waals surface area contributed by atoms with Gasteiger partial charge in [0, 0.05) is 24.2 Å². The van der Waals surface area contributed by atoms with Crippen molar-refractivity contribution in [2.75, 3.05) is 18.5 Å². The van der Waals surface area contributed by atoms with Gasteiger partial charge in [0.1, 0.15) is 11.6 Å². The molecule has 1 amide bonds. The van der Waals surface area contributed by atoms with Crippen molar-refractivity contribution in [2.24, 2.45) is 0 Å². The summed E-state index contributed by atoms with van der Waals surface area (Å²) < 4.78 is 47.0. The van der Waals surface area contributed by atoms with Gasteiger partial charge in [0.25, 0.3) is 5.91 Å². The van der Waals surface area contributed by atoms with E-state index in [9.17, 15) is 22.8 Å². The standard InChI is InChI=1S/C29H31ClF3N3O4/c1-3-5-24(19-6-8-21(9-7-19)28(38)34-17-16-26(37)39-4-2)27(36-25-15-12-22(30)18-35-25)20-10-13-23(14-11-20)40-29(31,32)33/h6-15,18,24,27H,3-5,16-17H2,1-2H3,(H,34,38)(H,35,36). The normalized spacial score (nSPS) is 12.8. The SMILES string of the molecule is CCCC(c1ccc(C(=O)NCCC(=O)OCC)cc1)C(Nc1ccc(Cl)cn1)c1ccc(OC(F)(F)F)cc1. The van der Waals surface area contributed by atoms with Crippen LogP contribution in [0.2, 0.25) is 5.02 Å². The van der Waals surface area contributed by atoms with Gasteiger partial charge in [-0.2, -0.15) is 0 Å². The molecule has 7 nitrogen and oxygen atoms in total. The summed E-state index contributed by atoms with van der Waals surface area (Å²) in [6.07, 6.45) is -1.65. The van der Waals surface area contributed by atoms with Crippen LogP contribution in [0.3, 0.4) is 0 Å². The molecule has 0 spiro atoms. The molecule has 0 bridgehead atoms. The van der Waals surface area contributed by atoms with Crippen LogP contribution in [0.15, 0.2) is 66.9 Å². The zero-order chi connectivity index (χ0) is 29.1. The predicted molar refractivity (Wildman–Crippen MR) is 146 cm³/mol. The Morgan fingerprint density at radius 3 is 2.23 bits per heavy atom. The number of amides is 1. The molecule has 0 fully saturated rings. The van der Waals surface area contributed by atoms with Gasteiger partial charge in [-0.25, -0.2) is 4.98 Å².